The predicted molar refractivity (Wildman–Crippen MR) is 84.8 cm³/mol. The van der Waals surface area contributed by atoms with Crippen LogP contribution >= 0.6 is 0 Å². The monoisotopic (exact) mass is 324 g/mol. The standard InChI is InChI=1S/C18H12O6/c1-21-17(19)7-9-23-15-5-3-13-4-6-16(12-14(13)11-15)24-10-8-18(20)22-2/h3-6,11-12H,1-2H3. The number of carbonyl (C=O) groups is 2. The molecule has 2 aromatic carbocycles. The average Bonchev–Trinajstić information content (AvgIpc) is 2.61. The van der Waals surface area contributed by atoms with Crippen molar-refractivity contribution in [3.8, 4) is 35.6 Å². The van der Waals surface area contributed by atoms with Crippen molar-refractivity contribution in [1.82, 2.24) is 0 Å². The Morgan fingerprint density at radius 3 is 1.62 bits per heavy atom. The van der Waals surface area contributed by atoms with Gasteiger partial charge in [0.25, 0.3) is 0 Å². The van der Waals surface area contributed by atoms with Gasteiger partial charge in [-0.2, -0.15) is 0 Å². The Hall–Kier alpha value is -3.64. The highest BCUT2D eigenvalue weighted by Crippen LogP contribution is 2.24. The molecule has 120 valence electrons. The molecule has 6 nitrogen and oxygen atoms in total. The minimum atomic E-state index is -0.685. The molecule has 0 aliphatic rings. The topological polar surface area (TPSA) is 71.1 Å². The van der Waals surface area contributed by atoms with Gasteiger partial charge < -0.3 is 18.9 Å². The molecule has 0 fully saturated rings. The summed E-state index contributed by atoms with van der Waals surface area (Å²) in [5.74, 6) is 3.87. The number of fused-ring (bicyclic) bond motifs is 1. The van der Waals surface area contributed by atoms with Gasteiger partial charge in [0.15, 0.2) is 0 Å². The average molecular weight is 324 g/mol. The Morgan fingerprint density at radius 2 is 1.21 bits per heavy atom. The van der Waals surface area contributed by atoms with Gasteiger partial charge in [-0.05, 0) is 35.0 Å². The van der Waals surface area contributed by atoms with Crippen LogP contribution in [-0.4, -0.2) is 26.2 Å². The van der Waals surface area contributed by atoms with Crippen LogP contribution in [0.4, 0.5) is 0 Å². The molecule has 6 heteroatoms. The number of rotatable bonds is 2. The number of ether oxygens (including phenoxy) is 4. The summed E-state index contributed by atoms with van der Waals surface area (Å²) in [4.78, 5) is 21.8. The van der Waals surface area contributed by atoms with E-state index in [-0.39, 0.29) is 0 Å². The van der Waals surface area contributed by atoms with Crippen LogP contribution in [0.15, 0.2) is 36.4 Å². The van der Waals surface area contributed by atoms with E-state index in [1.54, 1.807) is 24.3 Å². The largest absolute Gasteiger partial charge is 0.459 e. The Bertz CT molecular complexity index is 822. The lowest BCUT2D eigenvalue weighted by Gasteiger charge is -2.03. The van der Waals surface area contributed by atoms with Crippen LogP contribution in [0.5, 0.6) is 11.5 Å². The zero-order chi connectivity index (χ0) is 17.4. The lowest BCUT2D eigenvalue weighted by molar-refractivity contribution is -0.134. The molecule has 0 radical (unpaired) electrons. The van der Waals surface area contributed by atoms with E-state index in [1.165, 1.54) is 14.2 Å². The quantitative estimate of drug-likeness (QED) is 0.620. The third-order valence-corrected chi connectivity index (χ3v) is 2.80. The molecular weight excluding hydrogens is 312 g/mol. The maximum absolute atomic E-state index is 10.9. The van der Waals surface area contributed by atoms with E-state index < -0.39 is 11.9 Å². The maximum Gasteiger partial charge on any atom is 0.387 e. The molecule has 2 rings (SSSR count). The summed E-state index contributed by atoms with van der Waals surface area (Å²) in [6.07, 6.45) is 4.51. The third kappa shape index (κ3) is 4.69. The molecule has 0 bridgehead atoms. The molecule has 0 N–H and O–H groups in total. The van der Waals surface area contributed by atoms with E-state index in [2.05, 4.69) is 33.5 Å². The highest BCUT2D eigenvalue weighted by atomic mass is 16.5. The molecule has 0 aromatic heterocycles. The van der Waals surface area contributed by atoms with Gasteiger partial charge in [-0.3, -0.25) is 0 Å². The Labute approximate surface area is 138 Å². The van der Waals surface area contributed by atoms with Gasteiger partial charge >= 0.3 is 11.9 Å². The van der Waals surface area contributed by atoms with Crippen LogP contribution in [0.1, 0.15) is 0 Å². The van der Waals surface area contributed by atoms with Gasteiger partial charge in [0.2, 0.25) is 0 Å². The van der Waals surface area contributed by atoms with Gasteiger partial charge in [0, 0.05) is 0 Å². The van der Waals surface area contributed by atoms with Crippen LogP contribution in [0.3, 0.4) is 0 Å². The second kappa shape index (κ2) is 8.11. The minimum Gasteiger partial charge on any atom is -0.459 e. The molecule has 0 amide bonds. The van der Waals surface area contributed by atoms with Crippen LogP contribution in [-0.2, 0) is 19.1 Å². The van der Waals surface area contributed by atoms with E-state index in [0.717, 1.165) is 10.8 Å². The zero-order valence-electron chi connectivity index (χ0n) is 12.9. The molecular formula is C18H12O6. The maximum atomic E-state index is 10.9. The summed E-state index contributed by atoms with van der Waals surface area (Å²) in [5.41, 5.74) is 0. The van der Waals surface area contributed by atoms with Crippen molar-refractivity contribution in [2.75, 3.05) is 14.2 Å². The fourth-order valence-electron chi connectivity index (χ4n) is 1.68. The van der Waals surface area contributed by atoms with E-state index in [9.17, 15) is 9.59 Å². The normalized spacial score (nSPS) is 8.92. The lowest BCUT2D eigenvalue weighted by Crippen LogP contribution is -1.96. The SMILES string of the molecule is COC(=O)C#COc1ccc2ccc(OC#CC(=O)OC)cc2c1. The number of methoxy groups -OCH3 is 2. The van der Waals surface area contributed by atoms with Gasteiger partial charge in [-0.1, -0.05) is 12.1 Å². The van der Waals surface area contributed by atoms with Crippen LogP contribution in [0, 0.1) is 24.1 Å². The van der Waals surface area contributed by atoms with Crippen molar-refractivity contribution in [1.29, 1.82) is 0 Å². The van der Waals surface area contributed by atoms with E-state index in [1.807, 2.05) is 12.1 Å². The molecule has 24 heavy (non-hydrogen) atoms. The van der Waals surface area contributed by atoms with Crippen LogP contribution in [0.2, 0.25) is 0 Å². The minimum absolute atomic E-state index is 0.455. The molecule has 0 unspecified atom stereocenters. The molecule has 0 aliphatic heterocycles. The van der Waals surface area contributed by atoms with Crippen molar-refractivity contribution < 1.29 is 28.5 Å². The van der Waals surface area contributed by atoms with Crippen molar-refractivity contribution in [3.63, 3.8) is 0 Å². The summed E-state index contributed by atoms with van der Waals surface area (Å²) in [6, 6.07) is 10.5. The third-order valence-electron chi connectivity index (χ3n) is 2.80. The molecule has 0 atom stereocenters. The second-order valence-corrected chi connectivity index (χ2v) is 4.31. The lowest BCUT2D eigenvalue weighted by atomic mass is 10.1. The molecule has 2 aromatic rings. The number of hydrogen-bond donors (Lipinski definition) is 0. The first kappa shape index (κ1) is 16.7. The van der Waals surface area contributed by atoms with Gasteiger partial charge in [0.05, 0.1) is 26.1 Å². The van der Waals surface area contributed by atoms with Crippen molar-refractivity contribution >= 4 is 22.7 Å². The first-order valence-corrected chi connectivity index (χ1v) is 6.68. The van der Waals surface area contributed by atoms with E-state index in [4.69, 9.17) is 9.47 Å². The first-order valence-electron chi connectivity index (χ1n) is 6.68. The summed E-state index contributed by atoms with van der Waals surface area (Å²) < 4.78 is 19.1. The van der Waals surface area contributed by atoms with Gasteiger partial charge in [-0.15, -0.1) is 0 Å². The van der Waals surface area contributed by atoms with E-state index in [0.29, 0.717) is 11.5 Å². The fraction of sp³-hybridized carbons (Fsp3) is 0.111. The second-order valence-electron chi connectivity index (χ2n) is 4.31. The molecule has 0 spiro atoms. The smallest absolute Gasteiger partial charge is 0.387 e. The van der Waals surface area contributed by atoms with Gasteiger partial charge in [0.1, 0.15) is 23.7 Å². The van der Waals surface area contributed by atoms with Crippen LogP contribution in [0.25, 0.3) is 10.8 Å². The fourth-order valence-corrected chi connectivity index (χ4v) is 1.68. The van der Waals surface area contributed by atoms with Crippen molar-refractivity contribution in [2.45, 2.75) is 0 Å². The number of hydrogen-bond acceptors (Lipinski definition) is 6. The van der Waals surface area contributed by atoms with Gasteiger partial charge in [-0.25, -0.2) is 9.59 Å². The summed E-state index contributed by atoms with van der Waals surface area (Å²) in [7, 11) is 2.47. The molecule has 0 saturated carbocycles. The van der Waals surface area contributed by atoms with Crippen molar-refractivity contribution in [2.24, 2.45) is 0 Å². The summed E-state index contributed by atoms with van der Waals surface area (Å²) in [5, 5.41) is 1.75. The number of benzene rings is 2. The zero-order valence-corrected chi connectivity index (χ0v) is 12.9. The van der Waals surface area contributed by atoms with Crippen molar-refractivity contribution in [3.05, 3.63) is 36.4 Å². The Kier molecular flexibility index (Phi) is 5.65. The first-order chi connectivity index (χ1) is 11.6. The summed E-state index contributed by atoms with van der Waals surface area (Å²) in [6.45, 7) is 0. The molecule has 0 aliphatic carbocycles. The summed E-state index contributed by atoms with van der Waals surface area (Å²) >= 11 is 0. The van der Waals surface area contributed by atoms with Crippen LogP contribution < -0.4 is 9.47 Å². The highest BCUT2D eigenvalue weighted by molar-refractivity contribution is 5.88. The Balaban J connectivity index is 2.17. The number of carbonyl (C=O) groups excluding carboxylic acids is 2. The molecule has 0 heterocycles. The number of esters is 2. The molecule has 0 saturated heterocycles. The predicted octanol–water partition coefficient (Wildman–Crippen LogP) is 1.87. The Morgan fingerprint density at radius 1 is 0.750 bits per heavy atom. The van der Waals surface area contributed by atoms with E-state index >= 15 is 0 Å². The highest BCUT2D eigenvalue weighted by Gasteiger charge is 2.00.